The number of aliphatic hydroxyl groups is 5. The molecule has 0 spiro atoms. The second-order valence-corrected chi connectivity index (χ2v) is 35.3. The monoisotopic (exact) mass is 1850 g/mol. The smallest absolute Gasteiger partial charge is 0.407 e. The first-order valence-electron chi connectivity index (χ1n) is 40.4. The minimum atomic E-state index is -1.82. The van der Waals surface area contributed by atoms with Crippen LogP contribution in [0.1, 0.15) is 111 Å². The highest BCUT2D eigenvalue weighted by Crippen LogP contribution is 2.70. The number of hydrogen-bond donors (Lipinski definition) is 9. The van der Waals surface area contributed by atoms with Crippen LogP contribution in [0.15, 0.2) is 23.8 Å². The third-order valence-electron chi connectivity index (χ3n) is 21.9. The van der Waals surface area contributed by atoms with Crippen LogP contribution < -0.4 is 36.1 Å². The van der Waals surface area contributed by atoms with Gasteiger partial charge in [-0.3, -0.25) is 24.1 Å². The summed E-state index contributed by atoms with van der Waals surface area (Å²) in [6.45, 7) is 27.1. The van der Waals surface area contributed by atoms with E-state index in [1.165, 1.54) is 28.4 Å². The van der Waals surface area contributed by atoms with Crippen LogP contribution in [0.3, 0.4) is 0 Å². The molecule has 6 fully saturated rings. The summed E-state index contributed by atoms with van der Waals surface area (Å²) in [6.07, 6.45) is -12.3. The highest BCUT2D eigenvalue weighted by molar-refractivity contribution is 14.1. The average Bonchev–Trinajstić information content (AvgIpc) is 1.49. The van der Waals surface area contributed by atoms with Crippen molar-refractivity contribution >= 4 is 78.8 Å². The Morgan fingerprint density at radius 2 is 1.36 bits per heavy atom. The Morgan fingerprint density at radius 3 is 1.92 bits per heavy atom. The van der Waals surface area contributed by atoms with Crippen molar-refractivity contribution in [3.05, 3.63) is 38.5 Å². The van der Waals surface area contributed by atoms with Gasteiger partial charge < -0.3 is 132 Å². The fraction of sp³-hybridized carbons (Fsp3) is 0.800. The minimum absolute atomic E-state index is 0.00210. The number of ketones is 1. The van der Waals surface area contributed by atoms with Gasteiger partial charge in [0.25, 0.3) is 0 Å². The minimum Gasteiger partial charge on any atom is -0.492 e. The van der Waals surface area contributed by atoms with Gasteiger partial charge in [0.15, 0.2) is 36.2 Å². The van der Waals surface area contributed by atoms with E-state index in [1.54, 1.807) is 69.4 Å². The van der Waals surface area contributed by atoms with E-state index in [0.717, 1.165) is 11.8 Å². The van der Waals surface area contributed by atoms with Crippen molar-refractivity contribution in [1.82, 2.24) is 21.0 Å². The summed E-state index contributed by atoms with van der Waals surface area (Å²) < 4.78 is 114. The number of thioether (sulfide) groups is 1. The summed E-state index contributed by atoms with van der Waals surface area (Å²) in [4.78, 5) is 64.8. The van der Waals surface area contributed by atoms with E-state index < -0.39 is 155 Å². The lowest BCUT2D eigenvalue weighted by Gasteiger charge is -2.53. The predicted molar refractivity (Wildman–Crippen MR) is 447 cm³/mol. The molecule has 1 aromatic carbocycles. The number of hydroxylamine groups is 1. The first-order valence-corrected chi connectivity index (χ1v) is 44.8. The lowest BCUT2D eigenvalue weighted by molar-refractivity contribution is -0.343. The standard InChI is InChI=1S/C80H130IN5O29S3/c1-17-19-20-21-23-79-61(52(22-40-116-118-46(3)4)80(95,78(79,10)11)43-55(88)73(79)84-77(94)100-16)48(6)110-76-70(113-58-42-56(96-12)53(45-108-58)86(18-2)44-57(89)83-25-27-102-29-31-104-33-35-106-37-39-107-38-36-105-34-32-103-30-28-101-26-24-82)65(91)63(49(7)111-76)85-115-59-41-54(87)72(51(9)109-59)117-74(93)60-47(5)62(81)68(71(99-15)67(60)97-13)114-75-66(92)69(98-14)64(90)50(8)112-75/h19-20,22,46,48-51,53-54,56,58-59,61,63-66,69-70,72-73,75-76,85,87,90-92,95H,17-18,24-45,82H2,1-16H3,(H,83,89)(H,84,94)/b20-19-,52-22+/t48-,49+,50-,51+,53-,54-,56-,58-,59-,61?,63+,64-,65-,66+,69+,70+,72+,73?,75-,76+,79?,80-/m0/s1. The maximum Gasteiger partial charge on any atom is 0.407 e. The van der Waals surface area contributed by atoms with E-state index >= 15 is 0 Å². The number of allylic oxidation sites excluding steroid dienone is 2. The molecule has 4 saturated heterocycles. The van der Waals surface area contributed by atoms with E-state index in [-0.39, 0.29) is 79.5 Å². The van der Waals surface area contributed by atoms with E-state index in [2.05, 4.69) is 41.8 Å². The van der Waals surface area contributed by atoms with Gasteiger partial charge in [0.1, 0.15) is 36.6 Å². The Bertz CT molecular complexity index is 3380. The highest BCUT2D eigenvalue weighted by Gasteiger charge is 2.77. The molecule has 4 aliphatic heterocycles. The lowest BCUT2D eigenvalue weighted by Crippen LogP contribution is -2.67. The summed E-state index contributed by atoms with van der Waals surface area (Å²) in [7, 11) is 10.1. The zero-order valence-electron chi connectivity index (χ0n) is 71.0. The van der Waals surface area contributed by atoms with Crippen LogP contribution >= 0.6 is 55.9 Å². The molecule has 2 saturated carbocycles. The first kappa shape index (κ1) is 102. The van der Waals surface area contributed by atoms with Gasteiger partial charge in [0.05, 0.1) is 201 Å². The highest BCUT2D eigenvalue weighted by atomic mass is 127. The van der Waals surface area contributed by atoms with Crippen molar-refractivity contribution in [1.29, 1.82) is 0 Å². The number of methoxy groups -OCH3 is 5. The summed E-state index contributed by atoms with van der Waals surface area (Å²) in [5, 5.41) is 64.9. The Kier molecular flexibility index (Phi) is 43.6. The molecule has 0 radical (unpaired) electrons. The lowest BCUT2D eigenvalue weighted by atomic mass is 9.52. The molecule has 2 bridgehead atoms. The Morgan fingerprint density at radius 1 is 0.754 bits per heavy atom. The second-order valence-electron chi connectivity index (χ2n) is 30.1. The van der Waals surface area contributed by atoms with E-state index in [4.69, 9.17) is 101 Å². The normalized spacial score (nSPS) is 31.5. The number of alkyl carbamates (subject to hydrolysis) is 1. The second kappa shape index (κ2) is 50.6. The van der Waals surface area contributed by atoms with Gasteiger partial charge in [0, 0.05) is 68.9 Å². The van der Waals surface area contributed by atoms with Crippen molar-refractivity contribution in [2.45, 2.75) is 228 Å². The quantitative estimate of drug-likeness (QED) is 0.0109. The van der Waals surface area contributed by atoms with Gasteiger partial charge in [-0.05, 0) is 87.4 Å². The van der Waals surface area contributed by atoms with Gasteiger partial charge in [-0.2, -0.15) is 5.48 Å². The van der Waals surface area contributed by atoms with Gasteiger partial charge in [-0.1, -0.05) is 98.9 Å². The molecular weight excluding hydrogens is 1720 g/mol. The maximum absolute atomic E-state index is 14.8. The molecule has 6 aliphatic rings. The number of carbonyl (C=O) groups excluding carboxylic acids is 4. The number of hydrogen-bond acceptors (Lipinski definition) is 35. The van der Waals surface area contributed by atoms with Crippen LogP contribution in [0.5, 0.6) is 17.2 Å². The number of nitrogens with one attached hydrogen (secondary N) is 3. The number of halogens is 1. The van der Waals surface area contributed by atoms with Gasteiger partial charge in [0.2, 0.25) is 23.1 Å². The van der Waals surface area contributed by atoms with Gasteiger partial charge >= 0.3 is 6.09 Å². The number of rotatable bonds is 49. The van der Waals surface area contributed by atoms with Crippen LogP contribution in [-0.4, -0.2) is 346 Å². The molecule has 1 aromatic rings. The van der Waals surface area contributed by atoms with Gasteiger partial charge in [-0.15, -0.1) is 0 Å². The fourth-order valence-electron chi connectivity index (χ4n) is 15.7. The predicted octanol–water partition coefficient (Wildman–Crippen LogP) is 4.40. The average molecular weight is 1850 g/mol. The van der Waals surface area contributed by atoms with Crippen molar-refractivity contribution < 1.29 is 140 Å². The SMILES string of the molecule is CC/C=C\C#CC12C(NC(=O)OC)C(=O)C[C@](O)(/C(=C/CSSC(C)C)C1[C@H](C)O[C@@H]1O[C@H](C)[C@@H](NO[C@H]3C[C@H](O)[C@H](SC(=O)c4c(C)c(I)c(O[C@@H]5O[C@@H](C)[C@H](O)[C@@H](OC)[C@H]5O)c(OC)c4OC)[C@@H](C)O3)[C@H](O)[C@H]1O[C@H]1C[C@H](OC)[C@@H](N(CC)CC(=O)NCCOCCOCCOCCOCCOCCOCCOCCN)CO1)C2(C)C. The fourth-order valence-corrected chi connectivity index (χ4v) is 19.3. The molecule has 10 N–H and O–H groups in total. The zero-order valence-corrected chi connectivity index (χ0v) is 75.6. The topological polar surface area (TPSA) is 419 Å². The first-order chi connectivity index (χ1) is 56.5. The molecule has 22 atom stereocenters. The summed E-state index contributed by atoms with van der Waals surface area (Å²) in [6, 6.07) is -2.90. The summed E-state index contributed by atoms with van der Waals surface area (Å²) in [5.41, 5.74) is 4.71. The number of nitrogens with two attached hydrogens (primary N) is 1. The maximum atomic E-state index is 14.8. The Balaban J connectivity index is 1.04. The van der Waals surface area contributed by atoms with Gasteiger partial charge in [-0.25, -0.2) is 4.79 Å². The van der Waals surface area contributed by atoms with Crippen LogP contribution in [0.2, 0.25) is 0 Å². The molecule has 38 heteroatoms. The number of fused-ring (bicyclic) bond motifs is 2. The summed E-state index contributed by atoms with van der Waals surface area (Å²) in [5.74, 6) is 5.50. The summed E-state index contributed by atoms with van der Waals surface area (Å²) >= 11 is 2.83. The Hall–Kier alpha value is -3.44. The molecule has 674 valence electrons. The van der Waals surface area contributed by atoms with Crippen LogP contribution in [0.4, 0.5) is 4.79 Å². The number of aliphatic hydroxyl groups excluding tert-OH is 4. The van der Waals surface area contributed by atoms with Crippen LogP contribution in [-0.2, 0) is 90.2 Å². The number of nitrogens with zero attached hydrogens (tertiary/aromatic N) is 1. The van der Waals surface area contributed by atoms with E-state index in [0.29, 0.717) is 126 Å². The Labute approximate surface area is 720 Å². The van der Waals surface area contributed by atoms with E-state index in [1.807, 2.05) is 67.3 Å². The van der Waals surface area contributed by atoms with Crippen molar-refractivity contribution in [2.24, 2.45) is 22.5 Å². The van der Waals surface area contributed by atoms with Crippen molar-refractivity contribution in [3.8, 4) is 29.1 Å². The molecule has 118 heavy (non-hydrogen) atoms. The molecule has 7 rings (SSSR count). The van der Waals surface area contributed by atoms with Crippen molar-refractivity contribution in [2.75, 3.05) is 167 Å². The number of benzene rings is 1. The largest absolute Gasteiger partial charge is 0.492 e. The number of amides is 2. The number of carbonyl (C=O) groups is 4. The molecule has 2 amide bonds. The molecular formula is C80H130IN5O29S3. The molecule has 34 nitrogen and oxygen atoms in total. The van der Waals surface area contributed by atoms with Crippen molar-refractivity contribution in [3.63, 3.8) is 0 Å². The number of likely N-dealkylation sites (N-methyl/N-ethyl adjacent to an activating group) is 1. The molecule has 3 unspecified atom stereocenters. The number of Topliss-reactive ketones (excluding diaryl/α,β-unsaturated/α-hetero) is 1. The molecule has 0 aromatic heterocycles. The third-order valence-corrected chi connectivity index (χ3v) is 27.4. The zero-order chi connectivity index (χ0) is 86.4. The molecule has 2 aliphatic carbocycles. The van der Waals surface area contributed by atoms with Crippen LogP contribution in [0, 0.1) is 39.1 Å². The molecule has 4 heterocycles. The van der Waals surface area contributed by atoms with E-state index in [9.17, 15) is 44.7 Å². The number of ether oxygens (including phenoxy) is 19. The third kappa shape index (κ3) is 26.4. The van der Waals surface area contributed by atoms with Crippen LogP contribution in [0.25, 0.3) is 0 Å².